The van der Waals surface area contributed by atoms with E-state index in [1.807, 2.05) is 23.7 Å². The smallest absolute Gasteiger partial charge is 0.124 e. The lowest BCUT2D eigenvalue weighted by Gasteiger charge is -2.07. The summed E-state index contributed by atoms with van der Waals surface area (Å²) in [5.41, 5.74) is 1.71. The number of phenolic OH excluding ortho intramolecular Hbond substituents is 1. The average molecular weight is 267 g/mol. The van der Waals surface area contributed by atoms with Gasteiger partial charge in [0.1, 0.15) is 5.75 Å². The summed E-state index contributed by atoms with van der Waals surface area (Å²) in [6, 6.07) is 7.26. The molecule has 3 nitrogen and oxygen atoms in total. The van der Waals surface area contributed by atoms with Crippen molar-refractivity contribution in [2.45, 2.75) is 13.5 Å². The fraction of sp³-hybridized carbons (Fsp3) is 0.182. The van der Waals surface area contributed by atoms with Crippen molar-refractivity contribution in [1.29, 1.82) is 0 Å². The summed E-state index contributed by atoms with van der Waals surface area (Å²) in [7, 11) is 0. The number of para-hydroxylation sites is 1. The lowest BCUT2D eigenvalue weighted by Crippen LogP contribution is -1.98. The first-order valence-electron chi connectivity index (χ1n) is 4.73. The van der Waals surface area contributed by atoms with E-state index < -0.39 is 0 Å². The Balaban J connectivity index is 2.63. The molecule has 0 saturated heterocycles. The lowest BCUT2D eigenvalue weighted by atomic mass is 10.1. The van der Waals surface area contributed by atoms with E-state index >= 15 is 0 Å². The van der Waals surface area contributed by atoms with Crippen LogP contribution in [0.25, 0.3) is 11.3 Å². The van der Waals surface area contributed by atoms with Gasteiger partial charge >= 0.3 is 0 Å². The van der Waals surface area contributed by atoms with Gasteiger partial charge in [-0.05, 0) is 35.0 Å². The highest BCUT2D eigenvalue weighted by Gasteiger charge is 2.12. The highest BCUT2D eigenvalue weighted by Crippen LogP contribution is 2.33. The lowest BCUT2D eigenvalue weighted by molar-refractivity contribution is 0.476. The van der Waals surface area contributed by atoms with Crippen LogP contribution < -0.4 is 0 Å². The summed E-state index contributed by atoms with van der Waals surface area (Å²) in [6.45, 7) is 2.79. The molecule has 0 amide bonds. The monoisotopic (exact) mass is 266 g/mol. The fourth-order valence-electron chi connectivity index (χ4n) is 1.54. The van der Waals surface area contributed by atoms with E-state index in [2.05, 4.69) is 21.0 Å². The van der Waals surface area contributed by atoms with Crippen molar-refractivity contribution in [3.63, 3.8) is 0 Å². The molecule has 0 atom stereocenters. The molecule has 0 saturated carbocycles. The number of hydrogen-bond donors (Lipinski definition) is 1. The maximum absolute atomic E-state index is 9.76. The van der Waals surface area contributed by atoms with Crippen molar-refractivity contribution in [3.05, 3.63) is 34.9 Å². The summed E-state index contributed by atoms with van der Waals surface area (Å²) in [5.74, 6) is 0.272. The van der Waals surface area contributed by atoms with Crippen LogP contribution in [-0.2, 0) is 6.54 Å². The maximum Gasteiger partial charge on any atom is 0.124 e. The van der Waals surface area contributed by atoms with Gasteiger partial charge in [-0.1, -0.05) is 12.1 Å². The Morgan fingerprint density at radius 2 is 2.13 bits per heavy atom. The minimum Gasteiger partial charge on any atom is -0.507 e. The molecule has 1 aromatic carbocycles. The second-order valence-corrected chi connectivity index (χ2v) is 4.03. The Morgan fingerprint density at radius 1 is 1.40 bits per heavy atom. The minimum absolute atomic E-state index is 0.272. The molecule has 4 heteroatoms. The van der Waals surface area contributed by atoms with E-state index in [0.29, 0.717) is 0 Å². The normalized spacial score (nSPS) is 10.5. The maximum atomic E-state index is 9.76. The van der Waals surface area contributed by atoms with E-state index in [9.17, 15) is 5.11 Å². The zero-order chi connectivity index (χ0) is 10.8. The van der Waals surface area contributed by atoms with Gasteiger partial charge in [0.15, 0.2) is 0 Å². The Hall–Kier alpha value is -1.29. The van der Waals surface area contributed by atoms with Gasteiger partial charge < -0.3 is 5.11 Å². The molecule has 2 rings (SSSR count). The van der Waals surface area contributed by atoms with Gasteiger partial charge in [-0.3, -0.25) is 4.68 Å². The van der Waals surface area contributed by atoms with Crippen molar-refractivity contribution in [2.24, 2.45) is 0 Å². The van der Waals surface area contributed by atoms with Crippen LogP contribution in [0, 0.1) is 0 Å². The largest absolute Gasteiger partial charge is 0.507 e. The number of halogens is 1. The van der Waals surface area contributed by atoms with Crippen LogP contribution in [0.3, 0.4) is 0 Å². The second-order valence-electron chi connectivity index (χ2n) is 3.17. The van der Waals surface area contributed by atoms with Crippen LogP contribution in [0.2, 0.25) is 0 Å². The summed E-state index contributed by atoms with van der Waals surface area (Å²) >= 11 is 3.43. The Kier molecular flexibility index (Phi) is 2.77. The predicted molar refractivity (Wildman–Crippen MR) is 62.7 cm³/mol. The third kappa shape index (κ3) is 1.77. The topological polar surface area (TPSA) is 38.0 Å². The molecule has 0 aliphatic carbocycles. The standard InChI is InChI=1S/C11H11BrN2O/c1-2-14-11(9(12)7-13-14)8-5-3-4-6-10(8)15/h3-7,15H,2H2,1H3. The van der Waals surface area contributed by atoms with Crippen LogP contribution in [0.15, 0.2) is 34.9 Å². The summed E-state index contributed by atoms with van der Waals surface area (Å²) < 4.78 is 2.74. The predicted octanol–water partition coefficient (Wildman–Crippen LogP) is 3.04. The van der Waals surface area contributed by atoms with Gasteiger partial charge in [0.05, 0.1) is 16.4 Å². The first kappa shape index (κ1) is 10.2. The van der Waals surface area contributed by atoms with E-state index in [-0.39, 0.29) is 5.75 Å². The highest BCUT2D eigenvalue weighted by atomic mass is 79.9. The van der Waals surface area contributed by atoms with Crippen LogP contribution in [0.4, 0.5) is 0 Å². The van der Waals surface area contributed by atoms with E-state index in [1.54, 1.807) is 18.3 Å². The molecular formula is C11H11BrN2O. The summed E-state index contributed by atoms with van der Waals surface area (Å²) in [6.07, 6.45) is 1.74. The molecule has 0 aliphatic rings. The van der Waals surface area contributed by atoms with Gasteiger partial charge in [0.25, 0.3) is 0 Å². The van der Waals surface area contributed by atoms with E-state index in [0.717, 1.165) is 22.3 Å². The van der Waals surface area contributed by atoms with Crippen molar-refractivity contribution in [2.75, 3.05) is 0 Å². The number of phenols is 1. The van der Waals surface area contributed by atoms with Gasteiger partial charge in [-0.15, -0.1) is 0 Å². The number of nitrogens with zero attached hydrogens (tertiary/aromatic N) is 2. The molecule has 2 aromatic rings. The van der Waals surface area contributed by atoms with Crippen LogP contribution >= 0.6 is 15.9 Å². The number of hydrogen-bond acceptors (Lipinski definition) is 2. The number of aromatic nitrogens is 2. The first-order valence-corrected chi connectivity index (χ1v) is 5.53. The SMILES string of the molecule is CCn1ncc(Br)c1-c1ccccc1O. The number of benzene rings is 1. The molecule has 78 valence electrons. The van der Waals surface area contributed by atoms with Gasteiger partial charge in [-0.2, -0.15) is 5.10 Å². The molecule has 1 N–H and O–H groups in total. The highest BCUT2D eigenvalue weighted by molar-refractivity contribution is 9.10. The molecule has 0 radical (unpaired) electrons. The van der Waals surface area contributed by atoms with Crippen molar-refractivity contribution in [1.82, 2.24) is 9.78 Å². The van der Waals surface area contributed by atoms with Gasteiger partial charge in [0.2, 0.25) is 0 Å². The summed E-state index contributed by atoms with van der Waals surface area (Å²) in [4.78, 5) is 0. The van der Waals surface area contributed by atoms with Crippen LogP contribution in [-0.4, -0.2) is 14.9 Å². The molecule has 0 bridgehead atoms. The van der Waals surface area contributed by atoms with Crippen molar-refractivity contribution >= 4 is 15.9 Å². The van der Waals surface area contributed by atoms with Gasteiger partial charge in [0, 0.05) is 12.1 Å². The molecule has 1 heterocycles. The molecule has 1 aromatic heterocycles. The van der Waals surface area contributed by atoms with Crippen LogP contribution in [0.1, 0.15) is 6.92 Å². The molecule has 0 unspecified atom stereocenters. The summed E-state index contributed by atoms with van der Waals surface area (Å²) in [5, 5.41) is 14.0. The number of aryl methyl sites for hydroxylation is 1. The van der Waals surface area contributed by atoms with Crippen LogP contribution in [0.5, 0.6) is 5.75 Å². The van der Waals surface area contributed by atoms with Crippen molar-refractivity contribution < 1.29 is 5.11 Å². The van der Waals surface area contributed by atoms with E-state index in [1.165, 1.54) is 0 Å². The molecule has 15 heavy (non-hydrogen) atoms. The Morgan fingerprint density at radius 3 is 2.80 bits per heavy atom. The van der Waals surface area contributed by atoms with E-state index in [4.69, 9.17) is 0 Å². The molecule has 0 aliphatic heterocycles. The average Bonchev–Trinajstić information content (AvgIpc) is 2.60. The third-order valence-corrected chi connectivity index (χ3v) is 2.83. The fourth-order valence-corrected chi connectivity index (χ4v) is 2.05. The molecule has 0 spiro atoms. The first-order chi connectivity index (χ1) is 7.24. The van der Waals surface area contributed by atoms with Gasteiger partial charge in [-0.25, -0.2) is 0 Å². The van der Waals surface area contributed by atoms with Crippen molar-refractivity contribution in [3.8, 4) is 17.0 Å². The molecular weight excluding hydrogens is 256 g/mol. The Bertz CT molecular complexity index is 479. The number of rotatable bonds is 2. The minimum atomic E-state index is 0.272. The second kappa shape index (κ2) is 4.06. The Labute approximate surface area is 96.5 Å². The third-order valence-electron chi connectivity index (χ3n) is 2.25. The molecule has 0 fully saturated rings. The number of aromatic hydroxyl groups is 1. The quantitative estimate of drug-likeness (QED) is 0.908. The zero-order valence-corrected chi connectivity index (χ0v) is 9.90. The zero-order valence-electron chi connectivity index (χ0n) is 8.31.